The van der Waals surface area contributed by atoms with Gasteiger partial charge in [0.05, 0.1) is 24.1 Å². The molecule has 1 aromatic heterocycles. The Bertz CT molecular complexity index is 949. The molecule has 0 amide bonds. The van der Waals surface area contributed by atoms with Crippen LogP contribution < -0.4 is 4.90 Å². The Morgan fingerprint density at radius 2 is 1.90 bits per heavy atom. The Hall–Kier alpha value is -3.08. The van der Waals surface area contributed by atoms with Crippen LogP contribution in [0.2, 0.25) is 0 Å². The number of aryl methyl sites for hydroxylation is 1. The van der Waals surface area contributed by atoms with Crippen molar-refractivity contribution in [1.29, 1.82) is 0 Å². The lowest BCUT2D eigenvalue weighted by atomic mass is 10.1. The molecule has 0 aliphatic carbocycles. The fourth-order valence-corrected chi connectivity index (χ4v) is 3.40. The third-order valence-corrected chi connectivity index (χ3v) is 4.93. The summed E-state index contributed by atoms with van der Waals surface area (Å²) >= 11 is 0. The molecule has 0 bridgehead atoms. The standard InChI is InChI=1S/C19H20F3N3O5/c1-12-9-14(30-17(12)18(26)29-2)11-23-5-7-24(8-6-23)15-4-3-13(19(20,21)22)10-16(15)25(27)28/h3-4,9-10H,5-8,11H2,1-2H3. The zero-order chi connectivity index (χ0) is 22.1. The Balaban J connectivity index is 1.69. The number of alkyl halides is 3. The van der Waals surface area contributed by atoms with Crippen LogP contribution >= 0.6 is 0 Å². The second-order valence-corrected chi connectivity index (χ2v) is 6.94. The summed E-state index contributed by atoms with van der Waals surface area (Å²) in [5.74, 6) is 0.173. The van der Waals surface area contributed by atoms with Crippen molar-refractivity contribution in [3.05, 3.63) is 57.0 Å². The van der Waals surface area contributed by atoms with E-state index in [4.69, 9.17) is 4.42 Å². The van der Waals surface area contributed by atoms with E-state index < -0.39 is 28.3 Å². The minimum Gasteiger partial charge on any atom is -0.463 e. The predicted molar refractivity (Wildman–Crippen MR) is 100 cm³/mol. The summed E-state index contributed by atoms with van der Waals surface area (Å²) in [5.41, 5.74) is -0.792. The topological polar surface area (TPSA) is 89.1 Å². The zero-order valence-electron chi connectivity index (χ0n) is 16.4. The van der Waals surface area contributed by atoms with Gasteiger partial charge in [0.2, 0.25) is 5.76 Å². The zero-order valence-corrected chi connectivity index (χ0v) is 16.4. The number of rotatable bonds is 5. The lowest BCUT2D eigenvalue weighted by Crippen LogP contribution is -2.46. The van der Waals surface area contributed by atoms with E-state index >= 15 is 0 Å². The van der Waals surface area contributed by atoms with Gasteiger partial charge in [-0.15, -0.1) is 0 Å². The first-order valence-electron chi connectivity index (χ1n) is 9.10. The number of halogens is 3. The Labute approximate surface area is 170 Å². The molecule has 11 heteroatoms. The number of piperazine rings is 1. The molecular weight excluding hydrogens is 407 g/mol. The lowest BCUT2D eigenvalue weighted by molar-refractivity contribution is -0.384. The van der Waals surface area contributed by atoms with Crippen LogP contribution in [0.4, 0.5) is 24.5 Å². The molecular formula is C19H20F3N3O5. The van der Waals surface area contributed by atoms with E-state index in [2.05, 4.69) is 4.74 Å². The van der Waals surface area contributed by atoms with Crippen LogP contribution in [0, 0.1) is 17.0 Å². The van der Waals surface area contributed by atoms with E-state index in [0.29, 0.717) is 50.1 Å². The number of furan rings is 1. The van der Waals surface area contributed by atoms with Crippen molar-refractivity contribution in [3.63, 3.8) is 0 Å². The molecule has 1 saturated heterocycles. The summed E-state index contributed by atoms with van der Waals surface area (Å²) in [4.78, 5) is 25.9. The second-order valence-electron chi connectivity index (χ2n) is 6.94. The van der Waals surface area contributed by atoms with Gasteiger partial charge in [0.15, 0.2) is 0 Å². The molecule has 162 valence electrons. The van der Waals surface area contributed by atoms with Gasteiger partial charge in [-0.05, 0) is 25.1 Å². The number of anilines is 1. The number of nitrogens with zero attached hydrogens (tertiary/aromatic N) is 3. The van der Waals surface area contributed by atoms with Gasteiger partial charge in [0.1, 0.15) is 11.4 Å². The van der Waals surface area contributed by atoms with Crippen LogP contribution in [0.1, 0.15) is 27.4 Å². The van der Waals surface area contributed by atoms with Crippen LogP contribution in [0.3, 0.4) is 0 Å². The molecule has 1 aliphatic heterocycles. The highest BCUT2D eigenvalue weighted by molar-refractivity contribution is 5.87. The van der Waals surface area contributed by atoms with Gasteiger partial charge in [0.25, 0.3) is 5.69 Å². The SMILES string of the molecule is COC(=O)c1oc(CN2CCN(c3ccc(C(F)(F)F)cc3[N+](=O)[O-])CC2)cc1C. The third-order valence-electron chi connectivity index (χ3n) is 4.93. The van der Waals surface area contributed by atoms with E-state index in [1.807, 2.05) is 4.90 Å². The average Bonchev–Trinajstić information content (AvgIpc) is 3.06. The highest BCUT2D eigenvalue weighted by Crippen LogP contribution is 2.36. The van der Waals surface area contributed by atoms with Gasteiger partial charge in [-0.25, -0.2) is 4.79 Å². The number of nitro benzene ring substituents is 1. The molecule has 0 spiro atoms. The molecule has 2 aromatic rings. The van der Waals surface area contributed by atoms with Crippen LogP contribution in [0.15, 0.2) is 28.7 Å². The number of carbonyl (C=O) groups excluding carboxylic acids is 1. The molecule has 0 unspecified atom stereocenters. The summed E-state index contributed by atoms with van der Waals surface area (Å²) in [6.45, 7) is 4.00. The van der Waals surface area contributed by atoms with E-state index in [-0.39, 0.29) is 11.4 Å². The van der Waals surface area contributed by atoms with Gasteiger partial charge in [0, 0.05) is 37.8 Å². The lowest BCUT2D eigenvalue weighted by Gasteiger charge is -2.35. The molecule has 1 aliphatic rings. The van der Waals surface area contributed by atoms with Crippen molar-refractivity contribution in [2.24, 2.45) is 0 Å². The van der Waals surface area contributed by atoms with E-state index in [1.54, 1.807) is 17.9 Å². The summed E-state index contributed by atoms with van der Waals surface area (Å²) in [6, 6.07) is 4.32. The number of hydrogen-bond acceptors (Lipinski definition) is 7. The molecule has 0 saturated carbocycles. The summed E-state index contributed by atoms with van der Waals surface area (Å²) in [5, 5.41) is 11.3. The smallest absolute Gasteiger partial charge is 0.416 e. The molecule has 8 nitrogen and oxygen atoms in total. The van der Waals surface area contributed by atoms with Crippen molar-refractivity contribution in [1.82, 2.24) is 4.90 Å². The number of carbonyl (C=O) groups is 1. The first-order valence-corrected chi connectivity index (χ1v) is 9.10. The number of ether oxygens (including phenoxy) is 1. The summed E-state index contributed by atoms with van der Waals surface area (Å²) < 4.78 is 48.9. The third kappa shape index (κ3) is 4.56. The second kappa shape index (κ2) is 8.34. The van der Waals surface area contributed by atoms with E-state index in [0.717, 1.165) is 12.1 Å². The molecule has 0 radical (unpaired) electrons. The van der Waals surface area contributed by atoms with E-state index in [9.17, 15) is 28.1 Å². The Kier molecular flexibility index (Phi) is 6.01. The number of benzene rings is 1. The highest BCUT2D eigenvalue weighted by Gasteiger charge is 2.34. The van der Waals surface area contributed by atoms with Gasteiger partial charge in [-0.2, -0.15) is 13.2 Å². The maximum absolute atomic E-state index is 12.9. The molecule has 1 fully saturated rings. The fourth-order valence-electron chi connectivity index (χ4n) is 3.40. The van der Waals surface area contributed by atoms with Crippen LogP contribution in [-0.4, -0.2) is 49.1 Å². The summed E-state index contributed by atoms with van der Waals surface area (Å²) in [7, 11) is 1.27. The number of hydrogen-bond donors (Lipinski definition) is 0. The van der Waals surface area contributed by atoms with Gasteiger partial charge < -0.3 is 14.1 Å². The highest BCUT2D eigenvalue weighted by atomic mass is 19.4. The first kappa shape index (κ1) is 21.6. The Morgan fingerprint density at radius 3 is 2.47 bits per heavy atom. The molecule has 2 heterocycles. The first-order chi connectivity index (χ1) is 14.1. The molecule has 3 rings (SSSR count). The molecule has 1 aromatic carbocycles. The number of esters is 1. The monoisotopic (exact) mass is 427 g/mol. The molecule has 30 heavy (non-hydrogen) atoms. The maximum Gasteiger partial charge on any atom is 0.416 e. The minimum absolute atomic E-state index is 0.145. The van der Waals surface area contributed by atoms with Gasteiger partial charge in [-0.1, -0.05) is 0 Å². The number of nitro groups is 1. The van der Waals surface area contributed by atoms with E-state index in [1.165, 1.54) is 7.11 Å². The molecule has 0 N–H and O–H groups in total. The minimum atomic E-state index is -4.65. The van der Waals surface area contributed by atoms with Gasteiger partial charge >= 0.3 is 12.1 Å². The van der Waals surface area contributed by atoms with Gasteiger partial charge in [-0.3, -0.25) is 15.0 Å². The largest absolute Gasteiger partial charge is 0.463 e. The van der Waals surface area contributed by atoms with Crippen LogP contribution in [-0.2, 0) is 17.5 Å². The van der Waals surface area contributed by atoms with Crippen molar-refractivity contribution in [3.8, 4) is 0 Å². The molecule has 0 atom stereocenters. The summed E-state index contributed by atoms with van der Waals surface area (Å²) in [6.07, 6.45) is -4.65. The number of methoxy groups -OCH3 is 1. The Morgan fingerprint density at radius 1 is 1.23 bits per heavy atom. The predicted octanol–water partition coefficient (Wildman–Crippen LogP) is 3.62. The van der Waals surface area contributed by atoms with Crippen molar-refractivity contribution < 1.29 is 32.0 Å². The normalized spacial score (nSPS) is 15.3. The van der Waals surface area contributed by atoms with Crippen molar-refractivity contribution >= 4 is 17.3 Å². The average molecular weight is 427 g/mol. The fraction of sp³-hybridized carbons (Fsp3) is 0.421. The quantitative estimate of drug-likeness (QED) is 0.409. The van der Waals surface area contributed by atoms with Crippen molar-refractivity contribution in [2.45, 2.75) is 19.6 Å². The van der Waals surface area contributed by atoms with Crippen molar-refractivity contribution in [2.75, 3.05) is 38.2 Å². The maximum atomic E-state index is 12.9. The van der Waals surface area contributed by atoms with Crippen LogP contribution in [0.25, 0.3) is 0 Å². The van der Waals surface area contributed by atoms with Crippen LogP contribution in [0.5, 0.6) is 0 Å².